The predicted molar refractivity (Wildman–Crippen MR) is 80.7 cm³/mol. The highest BCUT2D eigenvalue weighted by Crippen LogP contribution is 2.38. The molecule has 2 aliphatic heterocycles. The van der Waals surface area contributed by atoms with Gasteiger partial charge in [-0.25, -0.2) is 4.79 Å². The lowest BCUT2D eigenvalue weighted by Crippen LogP contribution is -2.43. The maximum atomic E-state index is 12.0. The number of hydrogen-bond donors (Lipinski definition) is 0. The molecular weight excluding hydrogens is 274 g/mol. The summed E-state index contributed by atoms with van der Waals surface area (Å²) in [5, 5.41) is 2.49. The molecule has 2 heterocycles. The number of carbonyl (C=O) groups is 2. The Hall–Kier alpha value is -0.970. The first-order chi connectivity index (χ1) is 9.39. The molecular formula is C15H23NO3S. The summed E-state index contributed by atoms with van der Waals surface area (Å²) in [5.41, 5.74) is 0.479. The van der Waals surface area contributed by atoms with Gasteiger partial charge < -0.3 is 9.64 Å². The Morgan fingerprint density at radius 3 is 2.55 bits per heavy atom. The van der Waals surface area contributed by atoms with Crippen molar-refractivity contribution < 1.29 is 14.3 Å². The molecule has 2 rings (SSSR count). The molecule has 1 atom stereocenters. The van der Waals surface area contributed by atoms with Crippen LogP contribution in [0.25, 0.3) is 0 Å². The first kappa shape index (κ1) is 15.4. The number of thioether (sulfide) groups is 1. The van der Waals surface area contributed by atoms with Crippen LogP contribution in [0.3, 0.4) is 0 Å². The van der Waals surface area contributed by atoms with Crippen LogP contribution in [0.4, 0.5) is 4.79 Å². The van der Waals surface area contributed by atoms with E-state index in [2.05, 4.69) is 0 Å². The second kappa shape index (κ2) is 6.20. The number of rotatable bonds is 2. The summed E-state index contributed by atoms with van der Waals surface area (Å²) in [6.07, 6.45) is 3.63. The van der Waals surface area contributed by atoms with Crippen molar-refractivity contribution in [2.75, 3.05) is 13.1 Å². The van der Waals surface area contributed by atoms with E-state index in [4.69, 9.17) is 4.74 Å². The molecule has 1 unspecified atom stereocenters. The maximum Gasteiger partial charge on any atom is 0.410 e. The smallest absolute Gasteiger partial charge is 0.410 e. The Kier molecular flexibility index (Phi) is 4.78. The van der Waals surface area contributed by atoms with E-state index in [1.165, 1.54) is 0 Å². The van der Waals surface area contributed by atoms with Crippen molar-refractivity contribution in [1.29, 1.82) is 0 Å². The number of amides is 1. The van der Waals surface area contributed by atoms with E-state index in [-0.39, 0.29) is 6.09 Å². The number of ether oxygens (including phenoxy) is 1. The van der Waals surface area contributed by atoms with Gasteiger partial charge in [0, 0.05) is 18.3 Å². The highest BCUT2D eigenvalue weighted by Gasteiger charge is 2.32. The van der Waals surface area contributed by atoms with Crippen molar-refractivity contribution in [2.24, 2.45) is 5.92 Å². The molecule has 1 fully saturated rings. The molecule has 1 saturated heterocycles. The SMILES string of the molecule is CC(C)(C)OC(=O)N1CCC(C2CC(C=O)=CS2)CC1. The second-order valence-electron chi connectivity index (χ2n) is 6.49. The fraction of sp³-hybridized carbons (Fsp3) is 0.733. The van der Waals surface area contributed by atoms with E-state index >= 15 is 0 Å². The molecule has 0 aliphatic carbocycles. The van der Waals surface area contributed by atoms with Gasteiger partial charge in [-0.1, -0.05) is 0 Å². The molecule has 0 radical (unpaired) electrons. The van der Waals surface area contributed by atoms with Crippen LogP contribution in [0.15, 0.2) is 11.0 Å². The van der Waals surface area contributed by atoms with Gasteiger partial charge in [-0.3, -0.25) is 4.79 Å². The summed E-state index contributed by atoms with van der Waals surface area (Å²) in [5.74, 6) is 0.590. The second-order valence-corrected chi connectivity index (χ2v) is 7.61. The third kappa shape index (κ3) is 4.01. The molecule has 0 aromatic rings. The van der Waals surface area contributed by atoms with Crippen LogP contribution in [0.2, 0.25) is 0 Å². The fourth-order valence-electron chi connectivity index (χ4n) is 2.64. The van der Waals surface area contributed by atoms with Crippen molar-refractivity contribution in [3.8, 4) is 0 Å². The standard InChI is InChI=1S/C15H23NO3S/c1-15(2,3)19-14(18)16-6-4-12(5-7-16)13-8-11(9-17)10-20-13/h9-10,12-13H,4-8H2,1-3H3. The van der Waals surface area contributed by atoms with Crippen LogP contribution < -0.4 is 0 Å². The minimum absolute atomic E-state index is 0.207. The van der Waals surface area contributed by atoms with Crippen molar-refractivity contribution in [2.45, 2.75) is 50.9 Å². The molecule has 20 heavy (non-hydrogen) atoms. The van der Waals surface area contributed by atoms with Crippen LogP contribution in [0.1, 0.15) is 40.0 Å². The van der Waals surface area contributed by atoms with Crippen molar-refractivity contribution in [3.63, 3.8) is 0 Å². The normalized spacial score (nSPS) is 24.4. The zero-order valence-corrected chi connectivity index (χ0v) is 13.2. The van der Waals surface area contributed by atoms with Gasteiger partial charge in [0.2, 0.25) is 0 Å². The minimum atomic E-state index is -0.433. The number of piperidine rings is 1. The quantitative estimate of drug-likeness (QED) is 0.734. The summed E-state index contributed by atoms with van der Waals surface area (Å²) in [6.45, 7) is 7.18. The predicted octanol–water partition coefficient (Wildman–Crippen LogP) is 3.22. The van der Waals surface area contributed by atoms with Gasteiger partial charge in [0.25, 0.3) is 0 Å². The van der Waals surface area contributed by atoms with Crippen molar-refractivity contribution in [3.05, 3.63) is 11.0 Å². The number of allylic oxidation sites excluding steroid dienone is 1. The van der Waals surface area contributed by atoms with Crippen LogP contribution in [-0.4, -0.2) is 41.2 Å². The lowest BCUT2D eigenvalue weighted by Gasteiger charge is -2.35. The first-order valence-electron chi connectivity index (χ1n) is 7.16. The van der Waals surface area contributed by atoms with Crippen molar-refractivity contribution in [1.82, 2.24) is 4.90 Å². The van der Waals surface area contributed by atoms with Gasteiger partial charge >= 0.3 is 6.09 Å². The monoisotopic (exact) mass is 297 g/mol. The fourth-order valence-corrected chi connectivity index (χ4v) is 3.92. The van der Waals surface area contributed by atoms with Gasteiger partial charge in [-0.15, -0.1) is 11.8 Å². The van der Waals surface area contributed by atoms with E-state index in [9.17, 15) is 9.59 Å². The van der Waals surface area contributed by atoms with E-state index in [1.54, 1.807) is 16.7 Å². The number of hydrogen-bond acceptors (Lipinski definition) is 4. The molecule has 0 aromatic heterocycles. The number of likely N-dealkylation sites (tertiary alicyclic amines) is 1. The average molecular weight is 297 g/mol. The first-order valence-corrected chi connectivity index (χ1v) is 8.11. The molecule has 2 aliphatic rings. The molecule has 1 amide bonds. The topological polar surface area (TPSA) is 46.6 Å². The third-order valence-corrected chi connectivity index (χ3v) is 5.04. The van der Waals surface area contributed by atoms with Gasteiger partial charge in [-0.05, 0) is 56.9 Å². The molecule has 0 N–H and O–H groups in total. The summed E-state index contributed by atoms with van der Waals surface area (Å²) < 4.78 is 5.40. The molecule has 112 valence electrons. The zero-order valence-electron chi connectivity index (χ0n) is 12.4. The maximum absolute atomic E-state index is 12.0. The Bertz CT molecular complexity index is 406. The Morgan fingerprint density at radius 2 is 2.05 bits per heavy atom. The van der Waals surface area contributed by atoms with E-state index in [0.29, 0.717) is 11.2 Å². The molecule has 0 spiro atoms. The Labute approximate surface area is 124 Å². The largest absolute Gasteiger partial charge is 0.444 e. The number of aldehydes is 1. The van der Waals surface area contributed by atoms with Gasteiger partial charge in [0.15, 0.2) is 0 Å². The lowest BCUT2D eigenvalue weighted by atomic mass is 9.90. The van der Waals surface area contributed by atoms with Crippen LogP contribution in [0, 0.1) is 5.92 Å². The molecule has 0 saturated carbocycles. The Balaban J connectivity index is 1.78. The molecule has 0 bridgehead atoms. The molecule has 4 nitrogen and oxygen atoms in total. The summed E-state index contributed by atoms with van der Waals surface area (Å²) in [6, 6.07) is 0. The number of carbonyl (C=O) groups excluding carboxylic acids is 2. The van der Waals surface area contributed by atoms with Crippen molar-refractivity contribution >= 4 is 24.1 Å². The highest BCUT2D eigenvalue weighted by atomic mass is 32.2. The van der Waals surface area contributed by atoms with Gasteiger partial charge in [0.1, 0.15) is 11.9 Å². The van der Waals surface area contributed by atoms with Crippen LogP contribution in [0.5, 0.6) is 0 Å². The van der Waals surface area contributed by atoms with E-state index < -0.39 is 5.60 Å². The molecule has 5 heteroatoms. The minimum Gasteiger partial charge on any atom is -0.444 e. The molecule has 0 aromatic carbocycles. The summed E-state index contributed by atoms with van der Waals surface area (Å²) in [4.78, 5) is 24.5. The van der Waals surface area contributed by atoms with Crippen LogP contribution >= 0.6 is 11.8 Å². The third-order valence-electron chi connectivity index (χ3n) is 3.70. The average Bonchev–Trinajstić information content (AvgIpc) is 2.85. The zero-order chi connectivity index (χ0) is 14.8. The van der Waals surface area contributed by atoms with E-state index in [1.807, 2.05) is 26.2 Å². The van der Waals surface area contributed by atoms with E-state index in [0.717, 1.165) is 44.2 Å². The summed E-state index contributed by atoms with van der Waals surface area (Å²) in [7, 11) is 0. The number of nitrogens with zero attached hydrogens (tertiary/aromatic N) is 1. The Morgan fingerprint density at radius 1 is 1.40 bits per heavy atom. The van der Waals surface area contributed by atoms with Gasteiger partial charge in [-0.2, -0.15) is 0 Å². The summed E-state index contributed by atoms with van der Waals surface area (Å²) >= 11 is 1.77. The lowest BCUT2D eigenvalue weighted by molar-refractivity contribution is -0.105. The highest BCUT2D eigenvalue weighted by molar-refractivity contribution is 8.03. The van der Waals surface area contributed by atoms with Gasteiger partial charge in [0.05, 0.1) is 0 Å². The van der Waals surface area contributed by atoms with Crippen LogP contribution in [-0.2, 0) is 9.53 Å².